The van der Waals surface area contributed by atoms with Gasteiger partial charge in [0.15, 0.2) is 0 Å². The number of aliphatic carboxylic acids is 1. The maximum atomic E-state index is 12.9. The summed E-state index contributed by atoms with van der Waals surface area (Å²) in [4.78, 5) is 44.5. The van der Waals surface area contributed by atoms with Crippen LogP contribution >= 0.6 is 0 Å². The molecule has 166 valence electrons. The van der Waals surface area contributed by atoms with Crippen LogP contribution in [0.15, 0.2) is 73.3 Å². The van der Waals surface area contributed by atoms with E-state index in [1.54, 1.807) is 36.9 Å². The quantitative estimate of drug-likeness (QED) is 0.407. The zero-order chi connectivity index (χ0) is 23.2. The van der Waals surface area contributed by atoms with E-state index in [4.69, 9.17) is 5.11 Å². The van der Waals surface area contributed by atoms with E-state index >= 15 is 0 Å². The van der Waals surface area contributed by atoms with Gasteiger partial charge in [0.25, 0.3) is 5.78 Å². The summed E-state index contributed by atoms with van der Waals surface area (Å²) in [6.07, 6.45) is 10.9. The van der Waals surface area contributed by atoms with E-state index in [1.165, 1.54) is 0 Å². The zero-order valence-electron chi connectivity index (χ0n) is 17.9. The monoisotopic (exact) mass is 441 g/mol. The van der Waals surface area contributed by atoms with Gasteiger partial charge in [-0.1, -0.05) is 36.4 Å². The van der Waals surface area contributed by atoms with Crippen LogP contribution in [0.3, 0.4) is 0 Å². The standard InChI is InChI=1S/C26H23N3O4/c30-23(29-24(18-6-3-13-27-15-18)19-7-4-14-28-16-19)12-11-17-5-1-9-21-20(17)8-2-10-22(21)25(31)26(32)33/h2-8,10,13-16,24H,1,9,11-12H2,(H,29,30)(H,32,33). The van der Waals surface area contributed by atoms with Crippen molar-refractivity contribution in [3.05, 3.63) is 101 Å². The van der Waals surface area contributed by atoms with E-state index in [2.05, 4.69) is 21.4 Å². The van der Waals surface area contributed by atoms with Gasteiger partial charge in [-0.3, -0.25) is 19.6 Å². The van der Waals surface area contributed by atoms with Crippen LogP contribution in [0.4, 0.5) is 0 Å². The molecule has 0 saturated carbocycles. The highest BCUT2D eigenvalue weighted by Crippen LogP contribution is 2.32. The number of rotatable bonds is 8. The Labute approximate surface area is 191 Å². The smallest absolute Gasteiger partial charge is 0.377 e. The summed E-state index contributed by atoms with van der Waals surface area (Å²) in [5.41, 5.74) is 4.48. The lowest BCUT2D eigenvalue weighted by atomic mass is 9.84. The maximum absolute atomic E-state index is 12.9. The minimum Gasteiger partial charge on any atom is -0.475 e. The fourth-order valence-electron chi connectivity index (χ4n) is 4.16. The van der Waals surface area contributed by atoms with Crippen molar-refractivity contribution in [1.82, 2.24) is 15.3 Å². The Morgan fingerprint density at radius 3 is 2.27 bits per heavy atom. The topological polar surface area (TPSA) is 109 Å². The first-order valence-corrected chi connectivity index (χ1v) is 10.7. The van der Waals surface area contributed by atoms with Gasteiger partial charge in [-0.05, 0) is 59.2 Å². The predicted octanol–water partition coefficient (Wildman–Crippen LogP) is 3.76. The van der Waals surface area contributed by atoms with Crippen LogP contribution in [0.5, 0.6) is 0 Å². The van der Waals surface area contributed by atoms with Gasteiger partial charge in [-0.2, -0.15) is 0 Å². The number of ketones is 1. The second-order valence-electron chi connectivity index (χ2n) is 7.81. The number of nitrogens with zero attached hydrogens (tertiary/aromatic N) is 2. The number of hydrogen-bond donors (Lipinski definition) is 2. The number of carbonyl (C=O) groups is 3. The van der Waals surface area contributed by atoms with Crippen molar-refractivity contribution in [2.75, 3.05) is 0 Å². The molecule has 7 nitrogen and oxygen atoms in total. The lowest BCUT2D eigenvalue weighted by molar-refractivity contribution is -0.131. The molecule has 1 aliphatic rings. The Bertz CT molecular complexity index is 1170. The van der Waals surface area contributed by atoms with E-state index in [0.717, 1.165) is 27.8 Å². The van der Waals surface area contributed by atoms with E-state index in [-0.39, 0.29) is 23.9 Å². The van der Waals surface area contributed by atoms with Gasteiger partial charge in [0, 0.05) is 36.8 Å². The summed E-state index contributed by atoms with van der Waals surface area (Å²) in [5.74, 6) is -2.49. The molecule has 3 aromatic rings. The van der Waals surface area contributed by atoms with Crippen molar-refractivity contribution in [3.8, 4) is 0 Å². The lowest BCUT2D eigenvalue weighted by Crippen LogP contribution is -2.29. The highest BCUT2D eigenvalue weighted by Gasteiger charge is 2.24. The van der Waals surface area contributed by atoms with Crippen LogP contribution in [0.1, 0.15) is 57.9 Å². The van der Waals surface area contributed by atoms with Gasteiger partial charge in [0.2, 0.25) is 5.91 Å². The van der Waals surface area contributed by atoms with Gasteiger partial charge in [0.05, 0.1) is 6.04 Å². The van der Waals surface area contributed by atoms with E-state index < -0.39 is 11.8 Å². The van der Waals surface area contributed by atoms with Gasteiger partial charge < -0.3 is 10.4 Å². The first kappa shape index (κ1) is 22.1. The molecule has 2 heterocycles. The molecule has 0 radical (unpaired) electrons. The third-order valence-corrected chi connectivity index (χ3v) is 5.71. The fraction of sp³-hybridized carbons (Fsp3) is 0.192. The average molecular weight is 441 g/mol. The normalized spacial score (nSPS) is 12.6. The maximum Gasteiger partial charge on any atom is 0.377 e. The van der Waals surface area contributed by atoms with E-state index in [9.17, 15) is 14.4 Å². The molecule has 2 N–H and O–H groups in total. The number of pyridine rings is 2. The molecule has 33 heavy (non-hydrogen) atoms. The molecule has 0 bridgehead atoms. The van der Waals surface area contributed by atoms with Crippen molar-refractivity contribution in [1.29, 1.82) is 0 Å². The van der Waals surface area contributed by atoms with Crippen molar-refractivity contribution >= 4 is 23.2 Å². The number of carboxylic acid groups (broad SMARTS) is 1. The number of amides is 1. The van der Waals surface area contributed by atoms with E-state index in [1.807, 2.05) is 30.3 Å². The third kappa shape index (κ3) is 5.03. The van der Waals surface area contributed by atoms with Crippen LogP contribution in [0, 0.1) is 0 Å². The summed E-state index contributed by atoms with van der Waals surface area (Å²) in [6, 6.07) is 12.2. The molecule has 1 amide bonds. The second kappa shape index (κ2) is 9.99. The number of hydrogen-bond acceptors (Lipinski definition) is 5. The van der Waals surface area contributed by atoms with Gasteiger partial charge in [0.1, 0.15) is 0 Å². The third-order valence-electron chi connectivity index (χ3n) is 5.71. The number of allylic oxidation sites excluding steroid dienone is 2. The molecule has 4 rings (SSSR count). The van der Waals surface area contributed by atoms with Crippen LogP contribution in [-0.2, 0) is 16.0 Å². The van der Waals surface area contributed by atoms with Crippen molar-refractivity contribution in [2.24, 2.45) is 0 Å². The largest absolute Gasteiger partial charge is 0.475 e. The summed E-state index contributed by atoms with van der Waals surface area (Å²) in [5, 5.41) is 12.2. The summed E-state index contributed by atoms with van der Waals surface area (Å²) in [6.45, 7) is 0. The summed E-state index contributed by atoms with van der Waals surface area (Å²) < 4.78 is 0. The molecule has 7 heteroatoms. The number of fused-ring (bicyclic) bond motifs is 1. The number of benzene rings is 1. The minimum atomic E-state index is -1.46. The molecule has 1 aliphatic carbocycles. The van der Waals surface area contributed by atoms with Crippen LogP contribution in [0.25, 0.3) is 5.57 Å². The van der Waals surface area contributed by atoms with Crippen molar-refractivity contribution < 1.29 is 19.5 Å². The van der Waals surface area contributed by atoms with Crippen molar-refractivity contribution in [3.63, 3.8) is 0 Å². The number of aromatic nitrogens is 2. The molecule has 0 unspecified atom stereocenters. The molecule has 0 aliphatic heterocycles. The van der Waals surface area contributed by atoms with Crippen LogP contribution in [0.2, 0.25) is 0 Å². The first-order valence-electron chi connectivity index (χ1n) is 10.7. The number of nitrogens with one attached hydrogen (secondary N) is 1. The van der Waals surface area contributed by atoms with Crippen LogP contribution < -0.4 is 5.32 Å². The van der Waals surface area contributed by atoms with Gasteiger partial charge in [-0.25, -0.2) is 4.79 Å². The molecular formula is C26H23N3O4. The second-order valence-corrected chi connectivity index (χ2v) is 7.81. The molecule has 0 spiro atoms. The molecular weight excluding hydrogens is 418 g/mol. The predicted molar refractivity (Wildman–Crippen MR) is 122 cm³/mol. The molecule has 0 atom stereocenters. The first-order chi connectivity index (χ1) is 16.0. The fourth-order valence-corrected chi connectivity index (χ4v) is 4.16. The molecule has 2 aromatic heterocycles. The molecule has 0 saturated heterocycles. The minimum absolute atomic E-state index is 0.126. The lowest BCUT2D eigenvalue weighted by Gasteiger charge is -2.21. The summed E-state index contributed by atoms with van der Waals surface area (Å²) in [7, 11) is 0. The van der Waals surface area contributed by atoms with Crippen LogP contribution in [-0.4, -0.2) is 32.7 Å². The Hall–Kier alpha value is -4.13. The molecule has 1 aromatic carbocycles. The Morgan fingerprint density at radius 1 is 0.970 bits per heavy atom. The Kier molecular flexibility index (Phi) is 6.69. The SMILES string of the molecule is O=C(CCC1=CCCc2c(C(=O)C(=O)O)cccc21)NC(c1cccnc1)c1cccnc1. The highest BCUT2D eigenvalue weighted by molar-refractivity contribution is 6.40. The number of carboxylic acids is 1. The zero-order valence-corrected chi connectivity index (χ0v) is 17.9. The van der Waals surface area contributed by atoms with Gasteiger partial charge in [-0.15, -0.1) is 0 Å². The van der Waals surface area contributed by atoms with Gasteiger partial charge >= 0.3 is 5.97 Å². The average Bonchev–Trinajstić information content (AvgIpc) is 2.86. The molecule has 0 fully saturated rings. The number of carbonyl (C=O) groups excluding carboxylic acids is 2. The van der Waals surface area contributed by atoms with E-state index in [0.29, 0.717) is 19.3 Å². The Morgan fingerprint density at radius 2 is 1.67 bits per heavy atom. The Balaban J connectivity index is 1.49. The summed E-state index contributed by atoms with van der Waals surface area (Å²) >= 11 is 0. The highest BCUT2D eigenvalue weighted by atomic mass is 16.4. The number of Topliss-reactive ketones (excluding diaryl/α,β-unsaturated/α-hetero) is 1. The van der Waals surface area contributed by atoms with Crippen molar-refractivity contribution in [2.45, 2.75) is 31.7 Å².